The predicted molar refractivity (Wildman–Crippen MR) is 83.1 cm³/mol. The first kappa shape index (κ1) is 18.4. The van der Waals surface area contributed by atoms with Gasteiger partial charge >= 0.3 is 0 Å². The fraction of sp³-hybridized carbons (Fsp3) is 0.429. The summed E-state index contributed by atoms with van der Waals surface area (Å²) in [5.74, 6) is -0.793. The number of carbonyl (C=O) groups excluding carboxylic acids is 2. The minimum atomic E-state index is -0.927. The Kier molecular flexibility index (Phi) is 6.68. The Morgan fingerprint density at radius 2 is 1.95 bits per heavy atom. The van der Waals surface area contributed by atoms with Crippen molar-refractivity contribution < 1.29 is 9.59 Å². The van der Waals surface area contributed by atoms with Gasteiger partial charge in [-0.2, -0.15) is 0 Å². The molecular weight excluding hydrogens is 278 g/mol. The van der Waals surface area contributed by atoms with E-state index >= 15 is 0 Å². The Bertz CT molecular complexity index is 501. The molecule has 0 fully saturated rings. The van der Waals surface area contributed by atoms with Crippen LogP contribution in [-0.2, 0) is 4.79 Å². The van der Waals surface area contributed by atoms with Crippen molar-refractivity contribution in [3.8, 4) is 0 Å². The molecule has 0 aromatic heterocycles. The number of amides is 2. The number of hydrogen-bond acceptors (Lipinski definition) is 3. The van der Waals surface area contributed by atoms with E-state index in [-0.39, 0.29) is 18.3 Å². The number of carbonyl (C=O) groups is 2. The second kappa shape index (κ2) is 7.26. The first-order chi connectivity index (χ1) is 8.77. The largest absolute Gasteiger partial charge is 0.366 e. The number of halogens is 1. The summed E-state index contributed by atoms with van der Waals surface area (Å²) < 4.78 is 0. The highest BCUT2D eigenvalue weighted by molar-refractivity contribution is 6.00. The lowest BCUT2D eigenvalue weighted by molar-refractivity contribution is -0.120. The lowest BCUT2D eigenvalue weighted by atomic mass is 9.96. The monoisotopic (exact) mass is 299 g/mol. The first-order valence-electron chi connectivity index (χ1n) is 6.28. The molecule has 1 unspecified atom stereocenters. The third kappa shape index (κ3) is 4.51. The summed E-state index contributed by atoms with van der Waals surface area (Å²) in [6, 6.07) is 4.93. The fourth-order valence-corrected chi connectivity index (χ4v) is 1.81. The molecule has 0 aliphatic rings. The zero-order valence-electron chi connectivity index (χ0n) is 12.0. The predicted octanol–water partition coefficient (Wildman–Crippen LogP) is 1.97. The van der Waals surface area contributed by atoms with E-state index in [9.17, 15) is 9.59 Å². The van der Waals surface area contributed by atoms with Crippen molar-refractivity contribution in [1.82, 2.24) is 0 Å². The lowest BCUT2D eigenvalue weighted by Crippen LogP contribution is -2.48. The number of aryl methyl sites for hydroxylation is 1. The second-order valence-electron chi connectivity index (χ2n) is 5.02. The van der Waals surface area contributed by atoms with Crippen LogP contribution in [0.1, 0.15) is 42.6 Å². The van der Waals surface area contributed by atoms with Gasteiger partial charge in [0, 0.05) is 11.3 Å². The molecule has 1 aromatic rings. The van der Waals surface area contributed by atoms with Crippen LogP contribution in [0.3, 0.4) is 0 Å². The highest BCUT2D eigenvalue weighted by Crippen LogP contribution is 2.19. The van der Waals surface area contributed by atoms with E-state index < -0.39 is 11.4 Å². The van der Waals surface area contributed by atoms with Crippen LogP contribution < -0.4 is 16.8 Å². The van der Waals surface area contributed by atoms with Crippen molar-refractivity contribution in [1.29, 1.82) is 0 Å². The summed E-state index contributed by atoms with van der Waals surface area (Å²) in [7, 11) is 0. The number of anilines is 1. The van der Waals surface area contributed by atoms with Crippen LogP contribution in [0, 0.1) is 6.92 Å². The van der Waals surface area contributed by atoms with Crippen molar-refractivity contribution in [2.24, 2.45) is 11.5 Å². The van der Waals surface area contributed by atoms with Gasteiger partial charge in [-0.1, -0.05) is 19.4 Å². The van der Waals surface area contributed by atoms with Gasteiger partial charge in [0.15, 0.2) is 0 Å². The Labute approximate surface area is 125 Å². The molecule has 112 valence electrons. The standard InChI is InChI=1S/C14H21N3O2.ClH/c1-4-7-14(3,16)13(19)17-11-8-10(12(15)18)6-5-9(11)2;/h5-6,8H,4,7,16H2,1-3H3,(H2,15,18)(H,17,19);1H. The molecule has 0 saturated carbocycles. The minimum absolute atomic E-state index is 0. The third-order valence-electron chi connectivity index (χ3n) is 3.06. The zero-order valence-corrected chi connectivity index (χ0v) is 12.8. The molecule has 0 aliphatic carbocycles. The Balaban J connectivity index is 0.00000361. The maximum absolute atomic E-state index is 12.1. The normalized spacial score (nSPS) is 13.0. The van der Waals surface area contributed by atoms with Crippen molar-refractivity contribution >= 4 is 29.9 Å². The molecule has 6 heteroatoms. The van der Waals surface area contributed by atoms with Gasteiger partial charge in [0.2, 0.25) is 11.8 Å². The van der Waals surface area contributed by atoms with Gasteiger partial charge < -0.3 is 16.8 Å². The molecule has 0 radical (unpaired) electrons. The number of hydrogen-bond donors (Lipinski definition) is 3. The van der Waals surface area contributed by atoms with Gasteiger partial charge in [0.25, 0.3) is 0 Å². The van der Waals surface area contributed by atoms with Gasteiger partial charge in [-0.25, -0.2) is 0 Å². The summed E-state index contributed by atoms with van der Waals surface area (Å²) in [5, 5.41) is 2.76. The summed E-state index contributed by atoms with van der Waals surface area (Å²) in [6.07, 6.45) is 1.41. The molecular formula is C14H22ClN3O2. The molecule has 1 rings (SSSR count). The summed E-state index contributed by atoms with van der Waals surface area (Å²) in [4.78, 5) is 23.2. The van der Waals surface area contributed by atoms with E-state index in [4.69, 9.17) is 11.5 Å². The molecule has 0 heterocycles. The molecule has 5 nitrogen and oxygen atoms in total. The third-order valence-corrected chi connectivity index (χ3v) is 3.06. The summed E-state index contributed by atoms with van der Waals surface area (Å²) in [6.45, 7) is 5.50. The van der Waals surface area contributed by atoms with E-state index in [1.165, 1.54) is 0 Å². The second-order valence-corrected chi connectivity index (χ2v) is 5.02. The van der Waals surface area contributed by atoms with Crippen LogP contribution in [0.15, 0.2) is 18.2 Å². The van der Waals surface area contributed by atoms with E-state index in [1.807, 2.05) is 13.8 Å². The quantitative estimate of drug-likeness (QED) is 0.775. The van der Waals surface area contributed by atoms with Gasteiger partial charge in [0.05, 0.1) is 5.54 Å². The molecule has 1 aromatic carbocycles. The van der Waals surface area contributed by atoms with Gasteiger partial charge in [-0.3, -0.25) is 9.59 Å². The Hall–Kier alpha value is -1.59. The van der Waals surface area contributed by atoms with Crippen molar-refractivity contribution in [3.63, 3.8) is 0 Å². The van der Waals surface area contributed by atoms with E-state index in [0.29, 0.717) is 17.7 Å². The number of nitrogens with one attached hydrogen (secondary N) is 1. The maximum atomic E-state index is 12.1. The fourth-order valence-electron chi connectivity index (χ4n) is 1.81. The average molecular weight is 300 g/mol. The maximum Gasteiger partial charge on any atom is 0.248 e. The molecule has 0 saturated heterocycles. The van der Waals surface area contributed by atoms with Crippen molar-refractivity contribution in [3.05, 3.63) is 29.3 Å². The molecule has 2 amide bonds. The van der Waals surface area contributed by atoms with Crippen molar-refractivity contribution in [2.75, 3.05) is 5.32 Å². The first-order valence-corrected chi connectivity index (χ1v) is 6.28. The topological polar surface area (TPSA) is 98.2 Å². The Morgan fingerprint density at radius 1 is 1.35 bits per heavy atom. The average Bonchev–Trinajstić information content (AvgIpc) is 2.31. The van der Waals surface area contributed by atoms with Crippen LogP contribution in [0.4, 0.5) is 5.69 Å². The van der Waals surface area contributed by atoms with E-state index in [0.717, 1.165) is 12.0 Å². The summed E-state index contributed by atoms with van der Waals surface area (Å²) >= 11 is 0. The van der Waals surface area contributed by atoms with Gasteiger partial charge in [-0.15, -0.1) is 12.4 Å². The molecule has 5 N–H and O–H groups in total. The lowest BCUT2D eigenvalue weighted by Gasteiger charge is -2.23. The number of rotatable bonds is 5. The van der Waals surface area contributed by atoms with Crippen LogP contribution in [-0.4, -0.2) is 17.4 Å². The van der Waals surface area contributed by atoms with E-state index in [1.54, 1.807) is 25.1 Å². The van der Waals surface area contributed by atoms with Crippen molar-refractivity contribution in [2.45, 2.75) is 39.2 Å². The van der Waals surface area contributed by atoms with Crippen LogP contribution in [0.5, 0.6) is 0 Å². The molecule has 0 aliphatic heterocycles. The van der Waals surface area contributed by atoms with Gasteiger partial charge in [-0.05, 0) is 38.0 Å². The number of primary amides is 1. The van der Waals surface area contributed by atoms with E-state index in [2.05, 4.69) is 5.32 Å². The minimum Gasteiger partial charge on any atom is -0.366 e. The Morgan fingerprint density at radius 3 is 2.45 bits per heavy atom. The van der Waals surface area contributed by atoms with Crippen LogP contribution >= 0.6 is 12.4 Å². The molecule has 0 bridgehead atoms. The van der Waals surface area contributed by atoms with Crippen LogP contribution in [0.2, 0.25) is 0 Å². The highest BCUT2D eigenvalue weighted by atomic mass is 35.5. The molecule has 0 spiro atoms. The summed E-state index contributed by atoms with van der Waals surface area (Å²) in [5.41, 5.74) is 12.0. The highest BCUT2D eigenvalue weighted by Gasteiger charge is 2.27. The zero-order chi connectivity index (χ0) is 14.6. The number of benzene rings is 1. The van der Waals surface area contributed by atoms with Gasteiger partial charge in [0.1, 0.15) is 0 Å². The smallest absolute Gasteiger partial charge is 0.248 e. The molecule has 1 atom stereocenters. The SMILES string of the molecule is CCCC(C)(N)C(=O)Nc1cc(C(N)=O)ccc1C.Cl. The number of nitrogens with two attached hydrogens (primary N) is 2. The van der Waals surface area contributed by atoms with Crippen LogP contribution in [0.25, 0.3) is 0 Å². The molecule has 20 heavy (non-hydrogen) atoms.